The van der Waals surface area contributed by atoms with Gasteiger partial charge in [-0.2, -0.15) is 0 Å². The third kappa shape index (κ3) is 2.14. The molecule has 1 aliphatic rings. The van der Waals surface area contributed by atoms with Gasteiger partial charge in [-0.15, -0.1) is 0 Å². The van der Waals surface area contributed by atoms with Crippen LogP contribution in [0, 0.1) is 0 Å². The topological polar surface area (TPSA) is 140 Å². The highest BCUT2D eigenvalue weighted by atomic mass is 16.6. The van der Waals surface area contributed by atoms with Crippen molar-refractivity contribution in [3.05, 3.63) is 12.7 Å². The van der Waals surface area contributed by atoms with Crippen LogP contribution in [0.1, 0.15) is 6.92 Å². The summed E-state index contributed by atoms with van der Waals surface area (Å²) < 4.78 is 7.27. The molecule has 0 aliphatic carbocycles. The van der Waals surface area contributed by atoms with Gasteiger partial charge in [0.1, 0.15) is 35.8 Å². The van der Waals surface area contributed by atoms with E-state index in [0.717, 1.165) is 0 Å². The second-order valence-electron chi connectivity index (χ2n) is 5.39. The monoisotopic (exact) mass is 295 g/mol. The van der Waals surface area contributed by atoms with Crippen LogP contribution in [0.15, 0.2) is 12.7 Å². The first-order valence-electron chi connectivity index (χ1n) is 6.52. The Labute approximate surface area is 120 Å². The van der Waals surface area contributed by atoms with Gasteiger partial charge in [-0.05, 0) is 6.92 Å². The maximum Gasteiger partial charge on any atom is 0.165 e. The number of ether oxygens (including phenoxy) is 1. The molecule has 1 saturated heterocycles. The molecular formula is C12H17N5O4. The molecule has 2 aromatic heterocycles. The highest BCUT2D eigenvalue weighted by Crippen LogP contribution is 2.33. The third-order valence-electron chi connectivity index (χ3n) is 3.84. The number of imidazole rings is 1. The molecule has 1 fully saturated rings. The lowest BCUT2D eigenvalue weighted by atomic mass is 9.96. The quantitative estimate of drug-likeness (QED) is 0.524. The van der Waals surface area contributed by atoms with Crippen molar-refractivity contribution < 1.29 is 20.1 Å². The number of nitrogens with two attached hydrogens (primary N) is 1. The minimum atomic E-state index is -1.14. The van der Waals surface area contributed by atoms with E-state index in [1.807, 2.05) is 0 Å². The molecule has 0 saturated carbocycles. The molecule has 0 aromatic carbocycles. The van der Waals surface area contributed by atoms with E-state index in [-0.39, 0.29) is 19.0 Å². The molecule has 9 nitrogen and oxygen atoms in total. The Morgan fingerprint density at radius 3 is 2.81 bits per heavy atom. The molecule has 9 heteroatoms. The molecule has 3 rings (SSSR count). The Balaban J connectivity index is 1.93. The SMILES string of the molecule is C[C@@]1(Cn2cnc3c(N)ncnc32)O[C@H](CO)C(O)[C@@H]1O. The van der Waals surface area contributed by atoms with Crippen molar-refractivity contribution in [2.45, 2.75) is 37.4 Å². The highest BCUT2D eigenvalue weighted by molar-refractivity contribution is 5.81. The summed E-state index contributed by atoms with van der Waals surface area (Å²) >= 11 is 0. The van der Waals surface area contributed by atoms with E-state index in [4.69, 9.17) is 15.6 Å². The van der Waals surface area contributed by atoms with E-state index in [1.54, 1.807) is 11.5 Å². The maximum atomic E-state index is 10.2. The van der Waals surface area contributed by atoms with Gasteiger partial charge in [-0.1, -0.05) is 0 Å². The van der Waals surface area contributed by atoms with Crippen molar-refractivity contribution in [3.8, 4) is 0 Å². The number of aromatic nitrogens is 4. The van der Waals surface area contributed by atoms with E-state index in [0.29, 0.717) is 11.2 Å². The van der Waals surface area contributed by atoms with Gasteiger partial charge in [0.2, 0.25) is 0 Å². The molecule has 2 aromatic rings. The van der Waals surface area contributed by atoms with Crippen molar-refractivity contribution in [1.82, 2.24) is 19.5 Å². The molecule has 114 valence electrons. The lowest BCUT2D eigenvalue weighted by Crippen LogP contribution is -2.43. The second kappa shape index (κ2) is 4.88. The van der Waals surface area contributed by atoms with Crippen LogP contribution in [-0.4, -0.2) is 65.4 Å². The van der Waals surface area contributed by atoms with E-state index < -0.39 is 23.9 Å². The zero-order valence-corrected chi connectivity index (χ0v) is 11.4. The first-order chi connectivity index (χ1) is 9.96. The minimum Gasteiger partial charge on any atom is -0.394 e. The number of anilines is 1. The standard InChI is InChI=1S/C12H17N5O4/c1-12(9(20)8(19)6(2-18)21-12)3-17-5-16-7-10(13)14-4-15-11(7)17/h4-6,8-9,18-20H,2-3H2,1H3,(H2,13,14,15)/t6-,8?,9+,12+/m1/s1. The predicted molar refractivity (Wildman–Crippen MR) is 72.1 cm³/mol. The van der Waals surface area contributed by atoms with Crippen LogP contribution in [0.3, 0.4) is 0 Å². The molecule has 1 aliphatic heterocycles. The van der Waals surface area contributed by atoms with Gasteiger partial charge in [0.15, 0.2) is 11.5 Å². The first kappa shape index (κ1) is 14.1. The van der Waals surface area contributed by atoms with Gasteiger partial charge in [-0.3, -0.25) is 0 Å². The summed E-state index contributed by atoms with van der Waals surface area (Å²) in [6.45, 7) is 1.50. The number of rotatable bonds is 3. The minimum absolute atomic E-state index is 0.203. The van der Waals surface area contributed by atoms with Crippen molar-refractivity contribution in [2.24, 2.45) is 0 Å². The van der Waals surface area contributed by atoms with Crippen molar-refractivity contribution in [3.63, 3.8) is 0 Å². The molecule has 1 unspecified atom stereocenters. The van der Waals surface area contributed by atoms with Gasteiger partial charge < -0.3 is 30.4 Å². The Hall–Kier alpha value is -1.81. The van der Waals surface area contributed by atoms with Crippen LogP contribution in [0.25, 0.3) is 11.2 Å². The summed E-state index contributed by atoms with van der Waals surface area (Å²) in [6, 6.07) is 0. The van der Waals surface area contributed by atoms with Gasteiger partial charge >= 0.3 is 0 Å². The molecule has 3 heterocycles. The van der Waals surface area contributed by atoms with Crippen molar-refractivity contribution in [2.75, 3.05) is 12.3 Å². The van der Waals surface area contributed by atoms with Gasteiger partial charge in [-0.25, -0.2) is 15.0 Å². The molecular weight excluding hydrogens is 278 g/mol. The summed E-state index contributed by atoms with van der Waals surface area (Å²) in [6.07, 6.45) is -0.245. The predicted octanol–water partition coefficient (Wildman–Crippen LogP) is -1.72. The molecule has 5 N–H and O–H groups in total. The second-order valence-corrected chi connectivity index (χ2v) is 5.39. The van der Waals surface area contributed by atoms with Gasteiger partial charge in [0, 0.05) is 0 Å². The van der Waals surface area contributed by atoms with Crippen LogP contribution >= 0.6 is 0 Å². The number of nitrogen functional groups attached to an aromatic ring is 1. The Morgan fingerprint density at radius 1 is 1.38 bits per heavy atom. The zero-order valence-electron chi connectivity index (χ0n) is 11.4. The molecule has 0 bridgehead atoms. The lowest BCUT2D eigenvalue weighted by molar-refractivity contribution is -0.0893. The normalized spacial score (nSPS) is 32.9. The number of nitrogens with zero attached hydrogens (tertiary/aromatic N) is 4. The molecule has 0 spiro atoms. The van der Waals surface area contributed by atoms with E-state index in [2.05, 4.69) is 15.0 Å². The molecule has 0 amide bonds. The number of fused-ring (bicyclic) bond motifs is 1. The largest absolute Gasteiger partial charge is 0.394 e. The first-order valence-corrected chi connectivity index (χ1v) is 6.52. The van der Waals surface area contributed by atoms with E-state index in [9.17, 15) is 10.2 Å². The Kier molecular flexibility index (Phi) is 3.29. The fourth-order valence-corrected chi connectivity index (χ4v) is 2.68. The smallest absolute Gasteiger partial charge is 0.165 e. The van der Waals surface area contributed by atoms with Crippen LogP contribution in [0.4, 0.5) is 5.82 Å². The summed E-state index contributed by atoms with van der Waals surface area (Å²) in [4.78, 5) is 12.1. The summed E-state index contributed by atoms with van der Waals surface area (Å²) in [7, 11) is 0. The number of hydrogen-bond acceptors (Lipinski definition) is 8. The average molecular weight is 295 g/mol. The van der Waals surface area contributed by atoms with Crippen LogP contribution in [0.2, 0.25) is 0 Å². The number of aliphatic hydroxyl groups excluding tert-OH is 3. The van der Waals surface area contributed by atoms with E-state index in [1.165, 1.54) is 12.7 Å². The Morgan fingerprint density at radius 2 is 2.14 bits per heavy atom. The van der Waals surface area contributed by atoms with E-state index >= 15 is 0 Å². The molecule has 0 radical (unpaired) electrons. The number of aliphatic hydroxyl groups is 3. The fourth-order valence-electron chi connectivity index (χ4n) is 2.68. The molecule has 21 heavy (non-hydrogen) atoms. The number of hydrogen-bond donors (Lipinski definition) is 4. The third-order valence-corrected chi connectivity index (χ3v) is 3.84. The lowest BCUT2D eigenvalue weighted by Gasteiger charge is -2.28. The zero-order chi connectivity index (χ0) is 15.2. The van der Waals surface area contributed by atoms with Gasteiger partial charge in [0.05, 0.1) is 19.5 Å². The highest BCUT2D eigenvalue weighted by Gasteiger charge is 2.51. The van der Waals surface area contributed by atoms with Crippen LogP contribution in [-0.2, 0) is 11.3 Å². The summed E-state index contributed by atoms with van der Waals surface area (Å²) in [5.74, 6) is 0.269. The molecule has 4 atom stereocenters. The van der Waals surface area contributed by atoms with Crippen LogP contribution < -0.4 is 5.73 Å². The van der Waals surface area contributed by atoms with Gasteiger partial charge in [0.25, 0.3) is 0 Å². The summed E-state index contributed by atoms with van der Waals surface area (Å²) in [5.41, 5.74) is 5.63. The Bertz CT molecular complexity index is 662. The maximum absolute atomic E-state index is 10.2. The van der Waals surface area contributed by atoms with Crippen LogP contribution in [0.5, 0.6) is 0 Å². The fraction of sp³-hybridized carbons (Fsp3) is 0.583. The van der Waals surface area contributed by atoms with Crippen molar-refractivity contribution in [1.29, 1.82) is 0 Å². The average Bonchev–Trinajstić information content (AvgIpc) is 2.96. The van der Waals surface area contributed by atoms with Crippen molar-refractivity contribution >= 4 is 17.0 Å². The summed E-state index contributed by atoms with van der Waals surface area (Å²) in [5, 5.41) is 29.2.